The summed E-state index contributed by atoms with van der Waals surface area (Å²) in [6.45, 7) is 1.63. The van der Waals surface area contributed by atoms with Gasteiger partial charge in [-0.05, 0) is 73.4 Å². The van der Waals surface area contributed by atoms with Crippen LogP contribution in [0.3, 0.4) is 0 Å². The second-order valence-corrected chi connectivity index (χ2v) is 15.9. The van der Waals surface area contributed by atoms with Gasteiger partial charge in [-0.2, -0.15) is 0 Å². The maximum atomic E-state index is 13.3. The number of carbonyl (C=O) groups is 5. The molecule has 12 nitrogen and oxygen atoms in total. The third-order valence-corrected chi connectivity index (χ3v) is 10.9. The average Bonchev–Trinajstić information content (AvgIpc) is 3.64. The number of aldehydes is 3. The van der Waals surface area contributed by atoms with Crippen molar-refractivity contribution in [1.29, 1.82) is 5.41 Å². The van der Waals surface area contributed by atoms with Crippen LogP contribution in [0.1, 0.15) is 95.2 Å². The van der Waals surface area contributed by atoms with Crippen molar-refractivity contribution in [2.45, 2.75) is 70.4 Å². The monoisotopic (exact) mass is 873 g/mol. The smallest absolute Gasteiger partial charge is 0.257 e. The van der Waals surface area contributed by atoms with E-state index in [0.29, 0.717) is 62.8 Å². The Morgan fingerprint density at radius 1 is 0.831 bits per heavy atom. The number of hydrogen-bond donors (Lipinski definition) is 3. The normalized spacial score (nSPS) is 11.2. The summed E-state index contributed by atoms with van der Waals surface area (Å²) in [5, 5.41) is 14.8. The first-order valence-corrected chi connectivity index (χ1v) is 22.1. The zero-order valence-corrected chi connectivity index (χ0v) is 37.6. The molecule has 5 aromatic rings. The lowest BCUT2D eigenvalue weighted by molar-refractivity contribution is -0.121. The Morgan fingerprint density at radius 3 is 2.25 bits per heavy atom. The number of nitrogens with one attached hydrogen (secondary N) is 3. The highest BCUT2D eigenvalue weighted by Crippen LogP contribution is 2.42. The number of unbranched alkanes of at least 4 members (excludes halogenated alkanes) is 4. The summed E-state index contributed by atoms with van der Waals surface area (Å²) in [5.41, 5.74) is 7.61. The lowest BCUT2D eigenvalue weighted by atomic mass is 9.98. The second-order valence-electron chi connectivity index (χ2n) is 15.9. The Labute approximate surface area is 382 Å². The molecule has 0 aliphatic heterocycles. The molecule has 1 unspecified atom stereocenters. The minimum Gasteiger partial charge on any atom is -0.384 e. The van der Waals surface area contributed by atoms with Gasteiger partial charge in [-0.3, -0.25) is 14.4 Å². The molecule has 1 heterocycles. The third-order valence-electron chi connectivity index (χ3n) is 10.9. The van der Waals surface area contributed by atoms with Crippen LogP contribution >= 0.6 is 0 Å². The number of aromatic nitrogens is 1. The summed E-state index contributed by atoms with van der Waals surface area (Å²) in [6, 6.07) is 32.8. The molecule has 0 saturated heterocycles. The number of benzene rings is 4. The maximum Gasteiger partial charge on any atom is 0.257 e. The molecule has 0 radical (unpaired) electrons. The number of nitrogens with zero attached hydrogens (tertiary/aromatic N) is 4. The molecule has 0 bridgehead atoms. The number of aliphatic imine (C=N–C) groups is 1. The van der Waals surface area contributed by atoms with Crippen LogP contribution in [-0.4, -0.2) is 97.9 Å². The summed E-state index contributed by atoms with van der Waals surface area (Å²) < 4.78 is 2.19. The number of rotatable bonds is 25. The van der Waals surface area contributed by atoms with Crippen LogP contribution in [0.15, 0.2) is 108 Å². The van der Waals surface area contributed by atoms with E-state index in [-0.39, 0.29) is 29.9 Å². The van der Waals surface area contributed by atoms with Gasteiger partial charge in [0.15, 0.2) is 6.29 Å². The van der Waals surface area contributed by atoms with Crippen molar-refractivity contribution in [1.82, 2.24) is 19.7 Å². The summed E-state index contributed by atoms with van der Waals surface area (Å²) in [6.07, 6.45) is 10.5. The van der Waals surface area contributed by atoms with E-state index in [2.05, 4.69) is 63.4 Å². The standard InChI is InChI=1S/C53H59N7O5/c1-58(2)39-57-52-46(35-54)49(42-23-10-6-11-24-42)51(43-25-12-7-13-26-43)60(52)36-41-22-17-21-40(34-41)20-9-4-5-14-30-48(64)56-32-16-8-15-31-55-47-29-18-27-44(37-62)50(47)53(65)59(3)45(38-63)28-19-33-61/h6-7,10-13,17-18,21-27,29,33-35,37-39,45,54-55H,4-5,8,14-16,19,28,30-32,36H2,1-3H3,(H,56,64)/b54-35?,57-39-. The molecule has 3 N–H and O–H groups in total. The minimum absolute atomic E-state index is 0.0132. The van der Waals surface area contributed by atoms with Gasteiger partial charge in [0.2, 0.25) is 5.91 Å². The first kappa shape index (κ1) is 48.6. The zero-order chi connectivity index (χ0) is 46.4. The fraction of sp³-hybridized carbons (Fsp3) is 0.302. The largest absolute Gasteiger partial charge is 0.384 e. The van der Waals surface area contributed by atoms with Crippen molar-refractivity contribution in [3.63, 3.8) is 0 Å². The summed E-state index contributed by atoms with van der Waals surface area (Å²) in [7, 11) is 5.35. The lowest BCUT2D eigenvalue weighted by Gasteiger charge is -2.25. The molecule has 1 aromatic heterocycles. The van der Waals surface area contributed by atoms with Gasteiger partial charge in [-0.25, -0.2) is 4.99 Å². The van der Waals surface area contributed by atoms with E-state index < -0.39 is 11.9 Å². The highest BCUT2D eigenvalue weighted by atomic mass is 16.2. The SMILES string of the molecule is CN(C)/C=N\c1c(C=N)c(-c2ccccc2)c(-c2ccccc2)n1Cc1cccc(C#CCCCCC(=O)NCCCCCNc2cccc(C=O)c2C(=O)N(C)C(C=O)CCC=O)c1. The summed E-state index contributed by atoms with van der Waals surface area (Å²) in [4.78, 5) is 68.2. The molecule has 5 rings (SSSR count). The van der Waals surface area contributed by atoms with Gasteiger partial charge in [0.1, 0.15) is 18.4 Å². The van der Waals surface area contributed by atoms with Gasteiger partial charge in [0.25, 0.3) is 5.91 Å². The van der Waals surface area contributed by atoms with Crippen molar-refractivity contribution in [3.05, 3.63) is 131 Å². The molecule has 2 amide bonds. The predicted octanol–water partition coefficient (Wildman–Crippen LogP) is 8.83. The third kappa shape index (κ3) is 13.8. The van der Waals surface area contributed by atoms with Crippen LogP contribution in [-0.2, 0) is 20.9 Å². The van der Waals surface area contributed by atoms with Crippen LogP contribution in [0.2, 0.25) is 0 Å². The highest BCUT2D eigenvalue weighted by molar-refractivity contribution is 6.07. The first-order chi connectivity index (χ1) is 31.7. The van der Waals surface area contributed by atoms with Gasteiger partial charge >= 0.3 is 0 Å². The van der Waals surface area contributed by atoms with E-state index in [1.165, 1.54) is 18.2 Å². The van der Waals surface area contributed by atoms with E-state index >= 15 is 0 Å². The van der Waals surface area contributed by atoms with E-state index in [9.17, 15) is 24.0 Å². The van der Waals surface area contributed by atoms with E-state index in [1.54, 1.807) is 24.5 Å². The zero-order valence-electron chi connectivity index (χ0n) is 37.6. The van der Waals surface area contributed by atoms with E-state index in [4.69, 9.17) is 10.4 Å². The fourth-order valence-electron chi connectivity index (χ4n) is 7.55. The Morgan fingerprint density at radius 2 is 1.55 bits per heavy atom. The molecule has 1 atom stereocenters. The fourth-order valence-corrected chi connectivity index (χ4v) is 7.55. The maximum absolute atomic E-state index is 13.3. The number of amides is 2. The van der Waals surface area contributed by atoms with Crippen LogP contribution in [0.4, 0.5) is 11.5 Å². The first-order valence-electron chi connectivity index (χ1n) is 22.1. The molecule has 65 heavy (non-hydrogen) atoms. The topological polar surface area (TPSA) is 157 Å². The predicted molar refractivity (Wildman–Crippen MR) is 260 cm³/mol. The Kier molecular flexibility index (Phi) is 19.2. The van der Waals surface area contributed by atoms with E-state index in [1.807, 2.05) is 67.5 Å². The van der Waals surface area contributed by atoms with Crippen LogP contribution < -0.4 is 10.6 Å². The van der Waals surface area contributed by atoms with Crippen molar-refractivity contribution in [3.8, 4) is 34.2 Å². The van der Waals surface area contributed by atoms with Gasteiger partial charge in [-0.1, -0.05) is 96.8 Å². The minimum atomic E-state index is -0.779. The van der Waals surface area contributed by atoms with Crippen LogP contribution in [0.25, 0.3) is 22.4 Å². The second kappa shape index (κ2) is 25.7. The highest BCUT2D eigenvalue weighted by Gasteiger charge is 2.26. The number of anilines is 1. The Balaban J connectivity index is 1.10. The average molecular weight is 874 g/mol. The molecule has 0 spiro atoms. The van der Waals surface area contributed by atoms with Gasteiger partial charge in [0, 0.05) is 94.2 Å². The quantitative estimate of drug-likeness (QED) is 0.0174. The molecule has 0 aliphatic carbocycles. The van der Waals surface area contributed by atoms with Crippen molar-refractivity contribution in [2.24, 2.45) is 4.99 Å². The van der Waals surface area contributed by atoms with Crippen LogP contribution in [0.5, 0.6) is 0 Å². The molecular weight excluding hydrogens is 815 g/mol. The number of carbonyl (C=O) groups excluding carboxylic acids is 5. The number of likely N-dealkylation sites (N-methyl/N-ethyl adjacent to an activating group) is 1. The molecule has 336 valence electrons. The molecule has 12 heteroatoms. The van der Waals surface area contributed by atoms with Crippen molar-refractivity contribution < 1.29 is 24.0 Å². The molecular formula is C53H59N7O5. The van der Waals surface area contributed by atoms with Gasteiger partial charge in [0.05, 0.1) is 23.6 Å². The van der Waals surface area contributed by atoms with Crippen molar-refractivity contribution in [2.75, 3.05) is 39.5 Å². The van der Waals surface area contributed by atoms with Gasteiger partial charge < -0.3 is 40.0 Å². The lowest BCUT2D eigenvalue weighted by Crippen LogP contribution is -2.39. The molecule has 4 aromatic carbocycles. The summed E-state index contributed by atoms with van der Waals surface area (Å²) >= 11 is 0. The van der Waals surface area contributed by atoms with E-state index in [0.717, 1.165) is 71.2 Å². The molecule has 0 saturated carbocycles. The van der Waals surface area contributed by atoms with Crippen LogP contribution in [0, 0.1) is 17.3 Å². The Bertz CT molecular complexity index is 2480. The van der Waals surface area contributed by atoms with Crippen molar-refractivity contribution >= 4 is 54.7 Å². The molecule has 0 fully saturated rings. The number of hydrogen-bond acceptors (Lipinski definition) is 8. The molecule has 0 aliphatic rings. The Hall–Kier alpha value is -7.39. The summed E-state index contributed by atoms with van der Waals surface area (Å²) in [5.74, 6) is 6.86. The van der Waals surface area contributed by atoms with Gasteiger partial charge in [-0.15, -0.1) is 0 Å².